The van der Waals surface area contributed by atoms with Gasteiger partial charge in [-0.3, -0.25) is 14.2 Å². The van der Waals surface area contributed by atoms with E-state index in [9.17, 15) is 9.59 Å². The summed E-state index contributed by atoms with van der Waals surface area (Å²) in [5, 5.41) is 10.00. The third kappa shape index (κ3) is 4.96. The molecule has 4 aromatic rings. The number of thioether (sulfide) groups is 2. The molecule has 2 aliphatic rings. The number of fused-ring (bicyclic) bond motifs is 6. The Balaban J connectivity index is 0.000000162. The SMILES string of the molecule is CCOC(=O)c1nn(C)c2c1CCc1cnc(SC)nc1-2.CSc1ncc2c(n1)-c1c(c(C(N)=O)nn1C)CC2. The zero-order valence-corrected chi connectivity index (χ0v) is 24.5. The van der Waals surface area contributed by atoms with Crippen LogP contribution in [0.3, 0.4) is 0 Å². The maximum absolute atomic E-state index is 12.0. The molecule has 208 valence electrons. The molecular weight excluding hydrogens is 550 g/mol. The lowest BCUT2D eigenvalue weighted by Gasteiger charge is -2.16. The molecule has 4 aromatic heterocycles. The van der Waals surface area contributed by atoms with Gasteiger partial charge in [0.25, 0.3) is 5.91 Å². The molecule has 6 rings (SSSR count). The number of esters is 1. The van der Waals surface area contributed by atoms with Crippen LogP contribution in [0.15, 0.2) is 22.7 Å². The number of nitrogens with zero attached hydrogens (tertiary/aromatic N) is 8. The smallest absolute Gasteiger partial charge is 0.359 e. The van der Waals surface area contributed by atoms with Crippen molar-refractivity contribution in [2.24, 2.45) is 19.8 Å². The lowest BCUT2D eigenvalue weighted by Crippen LogP contribution is -2.15. The van der Waals surface area contributed by atoms with E-state index in [4.69, 9.17) is 10.5 Å². The van der Waals surface area contributed by atoms with Crippen molar-refractivity contribution in [1.82, 2.24) is 39.5 Å². The summed E-state index contributed by atoms with van der Waals surface area (Å²) < 4.78 is 8.49. The Morgan fingerprint density at radius 1 is 0.850 bits per heavy atom. The van der Waals surface area contributed by atoms with E-state index in [-0.39, 0.29) is 5.97 Å². The standard InChI is InChI=1S/C14H16N4O2S.C12H13N5OS/c1-4-20-13(19)11-9-6-5-8-7-15-14(21-3)16-10(8)12(9)18(2)17-11;1-17-10-7(9(16-17)11(13)18)4-3-6-5-14-12(19-2)15-8(6)10/h7H,4-6H2,1-3H3;5H,3-4H2,1-2H3,(H2,13,18). The first-order valence-corrected chi connectivity index (χ1v) is 15.1. The largest absolute Gasteiger partial charge is 0.461 e. The Bertz CT molecular complexity index is 1630. The van der Waals surface area contributed by atoms with Gasteiger partial charge in [-0.05, 0) is 56.2 Å². The summed E-state index contributed by atoms with van der Waals surface area (Å²) >= 11 is 2.99. The van der Waals surface area contributed by atoms with Crippen LogP contribution < -0.4 is 5.73 Å². The van der Waals surface area contributed by atoms with Crippen LogP contribution in [0.2, 0.25) is 0 Å². The number of primary amides is 1. The first-order valence-electron chi connectivity index (χ1n) is 12.7. The van der Waals surface area contributed by atoms with Gasteiger partial charge in [0.2, 0.25) is 0 Å². The third-order valence-electron chi connectivity index (χ3n) is 6.78. The summed E-state index contributed by atoms with van der Waals surface area (Å²) in [6.07, 6.45) is 10.7. The molecule has 0 aliphatic heterocycles. The molecule has 2 aliphatic carbocycles. The Hall–Kier alpha value is -3.78. The molecule has 0 unspecified atom stereocenters. The minimum absolute atomic E-state index is 0.347. The second-order valence-electron chi connectivity index (χ2n) is 9.14. The van der Waals surface area contributed by atoms with Crippen molar-refractivity contribution in [3.8, 4) is 22.8 Å². The molecule has 1 amide bonds. The summed E-state index contributed by atoms with van der Waals surface area (Å²) in [7, 11) is 3.64. The average Bonchev–Trinajstić information content (AvgIpc) is 3.50. The number of nitrogens with two attached hydrogens (primary N) is 1. The van der Waals surface area contributed by atoms with Crippen LogP contribution in [0.25, 0.3) is 22.8 Å². The fourth-order valence-corrected chi connectivity index (χ4v) is 5.72. The van der Waals surface area contributed by atoms with Gasteiger partial charge in [0.05, 0.1) is 29.4 Å². The van der Waals surface area contributed by atoms with Gasteiger partial charge in [0.1, 0.15) is 0 Å². The summed E-state index contributed by atoms with van der Waals surface area (Å²) in [5.74, 6) is -0.851. The van der Waals surface area contributed by atoms with Crippen LogP contribution >= 0.6 is 23.5 Å². The highest BCUT2D eigenvalue weighted by Gasteiger charge is 2.30. The number of carbonyl (C=O) groups excluding carboxylic acids is 2. The number of aryl methyl sites for hydroxylation is 4. The van der Waals surface area contributed by atoms with E-state index in [1.165, 1.54) is 23.5 Å². The molecule has 0 fully saturated rings. The molecule has 0 saturated carbocycles. The Labute approximate surface area is 239 Å². The van der Waals surface area contributed by atoms with Crippen molar-refractivity contribution in [2.75, 3.05) is 19.1 Å². The molecular formula is C26H29N9O3S2. The Kier molecular flexibility index (Phi) is 7.90. The lowest BCUT2D eigenvalue weighted by atomic mass is 9.93. The predicted octanol–water partition coefficient (Wildman–Crippen LogP) is 2.67. The van der Waals surface area contributed by atoms with Crippen LogP contribution in [-0.2, 0) is 44.5 Å². The number of aromatic nitrogens is 8. The van der Waals surface area contributed by atoms with Gasteiger partial charge in [-0.2, -0.15) is 10.2 Å². The molecule has 4 heterocycles. The maximum atomic E-state index is 12.0. The van der Waals surface area contributed by atoms with Gasteiger partial charge in [-0.1, -0.05) is 23.5 Å². The number of amides is 1. The average molecular weight is 580 g/mol. The molecule has 12 nitrogen and oxygen atoms in total. The minimum Gasteiger partial charge on any atom is -0.461 e. The zero-order chi connectivity index (χ0) is 28.6. The number of carbonyl (C=O) groups is 2. The summed E-state index contributed by atoms with van der Waals surface area (Å²) in [5.41, 5.74) is 13.7. The van der Waals surface area contributed by atoms with Crippen LogP contribution in [0.1, 0.15) is 50.2 Å². The predicted molar refractivity (Wildman–Crippen MR) is 151 cm³/mol. The van der Waals surface area contributed by atoms with Crippen molar-refractivity contribution in [3.05, 3.63) is 46.0 Å². The van der Waals surface area contributed by atoms with E-state index in [1.54, 1.807) is 23.3 Å². The topological polar surface area (TPSA) is 157 Å². The third-order valence-corrected chi connectivity index (χ3v) is 7.90. The molecule has 0 spiro atoms. The molecule has 40 heavy (non-hydrogen) atoms. The molecule has 2 N–H and O–H groups in total. The fourth-order valence-electron chi connectivity index (χ4n) is 5.04. The normalized spacial score (nSPS) is 12.8. The number of hydrogen-bond donors (Lipinski definition) is 1. The van der Waals surface area contributed by atoms with E-state index in [0.29, 0.717) is 23.2 Å². The number of ether oxygens (including phenoxy) is 1. The van der Waals surface area contributed by atoms with Crippen molar-refractivity contribution >= 4 is 35.4 Å². The lowest BCUT2D eigenvalue weighted by molar-refractivity contribution is 0.0517. The second kappa shape index (κ2) is 11.4. The fraction of sp³-hybridized carbons (Fsp3) is 0.385. The van der Waals surface area contributed by atoms with Gasteiger partial charge >= 0.3 is 5.97 Å². The van der Waals surface area contributed by atoms with Crippen molar-refractivity contribution in [2.45, 2.75) is 42.9 Å². The highest BCUT2D eigenvalue weighted by molar-refractivity contribution is 7.98. The van der Waals surface area contributed by atoms with Gasteiger partial charge in [-0.15, -0.1) is 0 Å². The zero-order valence-electron chi connectivity index (χ0n) is 22.9. The van der Waals surface area contributed by atoms with E-state index >= 15 is 0 Å². The molecule has 0 aromatic carbocycles. The maximum Gasteiger partial charge on any atom is 0.359 e. The molecule has 0 radical (unpaired) electrons. The highest BCUT2D eigenvalue weighted by atomic mass is 32.2. The quantitative estimate of drug-likeness (QED) is 0.211. The van der Waals surface area contributed by atoms with Crippen LogP contribution in [0, 0.1) is 0 Å². The molecule has 0 saturated heterocycles. The molecule has 0 bridgehead atoms. The molecule has 14 heteroatoms. The van der Waals surface area contributed by atoms with E-state index in [1.807, 2.05) is 32.0 Å². The van der Waals surface area contributed by atoms with E-state index in [2.05, 4.69) is 30.1 Å². The van der Waals surface area contributed by atoms with Crippen molar-refractivity contribution in [3.63, 3.8) is 0 Å². The van der Waals surface area contributed by atoms with Crippen LogP contribution in [0.4, 0.5) is 0 Å². The van der Waals surface area contributed by atoms with Gasteiger partial charge < -0.3 is 10.5 Å². The van der Waals surface area contributed by atoms with E-state index < -0.39 is 5.91 Å². The molecule has 0 atom stereocenters. The van der Waals surface area contributed by atoms with E-state index in [0.717, 1.165) is 75.9 Å². The van der Waals surface area contributed by atoms with Gasteiger partial charge in [0, 0.05) is 37.6 Å². The summed E-state index contributed by atoms with van der Waals surface area (Å²) in [4.78, 5) is 41.2. The van der Waals surface area contributed by atoms with Crippen LogP contribution in [0.5, 0.6) is 0 Å². The van der Waals surface area contributed by atoms with Gasteiger partial charge in [0.15, 0.2) is 21.7 Å². The monoisotopic (exact) mass is 579 g/mol. The number of hydrogen-bond acceptors (Lipinski definition) is 11. The Morgan fingerprint density at radius 2 is 1.32 bits per heavy atom. The first-order chi connectivity index (χ1) is 19.3. The van der Waals surface area contributed by atoms with Crippen LogP contribution in [-0.4, -0.2) is 70.5 Å². The van der Waals surface area contributed by atoms with Gasteiger partial charge in [-0.25, -0.2) is 24.7 Å². The Morgan fingerprint density at radius 3 is 1.77 bits per heavy atom. The highest BCUT2D eigenvalue weighted by Crippen LogP contribution is 2.35. The summed E-state index contributed by atoms with van der Waals surface area (Å²) in [6.45, 7) is 2.14. The number of rotatable bonds is 5. The van der Waals surface area contributed by atoms with Crippen molar-refractivity contribution < 1.29 is 14.3 Å². The summed E-state index contributed by atoms with van der Waals surface area (Å²) in [6, 6.07) is 0. The minimum atomic E-state index is -0.487. The first kappa shape index (κ1) is 27.8. The second-order valence-corrected chi connectivity index (χ2v) is 10.7. The van der Waals surface area contributed by atoms with Crippen molar-refractivity contribution in [1.29, 1.82) is 0 Å².